The second-order valence-corrected chi connectivity index (χ2v) is 7.00. The highest BCUT2D eigenvalue weighted by molar-refractivity contribution is 4.96. The lowest BCUT2D eigenvalue weighted by Gasteiger charge is -2.48. The summed E-state index contributed by atoms with van der Waals surface area (Å²) in [4.78, 5) is 2.68. The summed E-state index contributed by atoms with van der Waals surface area (Å²) in [5.74, 6) is 0.975. The second-order valence-electron chi connectivity index (χ2n) is 7.00. The van der Waals surface area contributed by atoms with Crippen LogP contribution in [0.15, 0.2) is 0 Å². The van der Waals surface area contributed by atoms with Crippen LogP contribution in [0.3, 0.4) is 0 Å². The smallest absolute Gasteiger partial charge is 0.0306 e. The molecule has 2 N–H and O–H groups in total. The van der Waals surface area contributed by atoms with Crippen LogP contribution in [0.4, 0.5) is 0 Å². The van der Waals surface area contributed by atoms with E-state index in [4.69, 9.17) is 5.73 Å². The van der Waals surface area contributed by atoms with Gasteiger partial charge < -0.3 is 5.73 Å². The lowest BCUT2D eigenvalue weighted by atomic mass is 9.76. The fourth-order valence-electron chi connectivity index (χ4n) is 3.23. The highest BCUT2D eigenvalue weighted by Crippen LogP contribution is 2.41. The molecule has 0 aromatic heterocycles. The van der Waals surface area contributed by atoms with Gasteiger partial charge in [0.05, 0.1) is 0 Å². The van der Waals surface area contributed by atoms with Crippen molar-refractivity contribution < 1.29 is 0 Å². The molecule has 1 saturated carbocycles. The van der Waals surface area contributed by atoms with Gasteiger partial charge in [0, 0.05) is 12.1 Å². The predicted molar refractivity (Wildman–Crippen MR) is 74.0 cm³/mol. The largest absolute Gasteiger partial charge is 0.329 e. The number of rotatable bonds is 5. The minimum atomic E-state index is 0.274. The summed E-state index contributed by atoms with van der Waals surface area (Å²) < 4.78 is 0. The third-order valence-corrected chi connectivity index (χ3v) is 5.45. The molecular formula is C15H30N2. The summed E-state index contributed by atoms with van der Waals surface area (Å²) in [7, 11) is 0. The first-order chi connectivity index (χ1) is 8.01. The summed E-state index contributed by atoms with van der Waals surface area (Å²) in [5, 5.41) is 0. The monoisotopic (exact) mass is 238 g/mol. The van der Waals surface area contributed by atoms with Crippen LogP contribution in [-0.2, 0) is 0 Å². The molecular weight excluding hydrogens is 208 g/mol. The Labute approximate surface area is 107 Å². The first-order valence-electron chi connectivity index (χ1n) is 7.46. The quantitative estimate of drug-likeness (QED) is 0.798. The van der Waals surface area contributed by atoms with Crippen LogP contribution in [0.1, 0.15) is 59.3 Å². The number of hydrogen-bond acceptors (Lipinski definition) is 2. The van der Waals surface area contributed by atoms with Crippen LogP contribution in [0.25, 0.3) is 0 Å². The zero-order valence-corrected chi connectivity index (χ0v) is 12.0. The first kappa shape index (κ1) is 13.4. The molecule has 17 heavy (non-hydrogen) atoms. The van der Waals surface area contributed by atoms with Crippen molar-refractivity contribution in [2.45, 2.75) is 64.8 Å². The lowest BCUT2D eigenvalue weighted by molar-refractivity contribution is 0.0269. The third-order valence-electron chi connectivity index (χ3n) is 5.45. The van der Waals surface area contributed by atoms with E-state index in [0.717, 1.165) is 12.5 Å². The molecule has 1 aliphatic carbocycles. The van der Waals surface area contributed by atoms with Gasteiger partial charge in [0.2, 0.25) is 0 Å². The van der Waals surface area contributed by atoms with Gasteiger partial charge in [0.25, 0.3) is 0 Å². The average molecular weight is 238 g/mol. The summed E-state index contributed by atoms with van der Waals surface area (Å²) in [6.45, 7) is 10.5. The Hall–Kier alpha value is -0.0800. The van der Waals surface area contributed by atoms with E-state index in [1.54, 1.807) is 0 Å². The van der Waals surface area contributed by atoms with Gasteiger partial charge in [-0.25, -0.2) is 0 Å². The minimum Gasteiger partial charge on any atom is -0.329 e. The Balaban J connectivity index is 1.92. The standard InChI is InChI=1S/C15H30N2/c1-4-14(2)7-9-17(10-8-14)15(3,12-16)11-13-5-6-13/h13H,4-12,16H2,1-3H3. The summed E-state index contributed by atoms with van der Waals surface area (Å²) in [5.41, 5.74) is 6.94. The van der Waals surface area contributed by atoms with Crippen molar-refractivity contribution in [1.29, 1.82) is 0 Å². The zero-order valence-electron chi connectivity index (χ0n) is 12.0. The van der Waals surface area contributed by atoms with Gasteiger partial charge in [-0.2, -0.15) is 0 Å². The van der Waals surface area contributed by atoms with Gasteiger partial charge in [-0.1, -0.05) is 33.1 Å². The molecule has 0 bridgehead atoms. The average Bonchev–Trinajstić information content (AvgIpc) is 3.13. The van der Waals surface area contributed by atoms with Crippen molar-refractivity contribution in [3.05, 3.63) is 0 Å². The molecule has 1 unspecified atom stereocenters. The Morgan fingerprint density at radius 3 is 2.29 bits per heavy atom. The molecule has 2 heteroatoms. The maximum Gasteiger partial charge on any atom is 0.0306 e. The van der Waals surface area contributed by atoms with Gasteiger partial charge in [0.1, 0.15) is 0 Å². The number of nitrogens with two attached hydrogens (primary N) is 1. The van der Waals surface area contributed by atoms with Gasteiger partial charge in [-0.3, -0.25) is 4.90 Å². The van der Waals surface area contributed by atoms with Crippen LogP contribution < -0.4 is 5.73 Å². The van der Waals surface area contributed by atoms with Crippen LogP contribution in [0, 0.1) is 11.3 Å². The highest BCUT2D eigenvalue weighted by atomic mass is 15.2. The molecule has 2 fully saturated rings. The maximum atomic E-state index is 6.07. The van der Waals surface area contributed by atoms with E-state index >= 15 is 0 Å². The molecule has 1 heterocycles. The second kappa shape index (κ2) is 4.89. The van der Waals surface area contributed by atoms with Gasteiger partial charge in [0.15, 0.2) is 0 Å². The highest BCUT2D eigenvalue weighted by Gasteiger charge is 2.40. The molecule has 0 spiro atoms. The fourth-order valence-corrected chi connectivity index (χ4v) is 3.23. The number of hydrogen-bond donors (Lipinski definition) is 1. The first-order valence-corrected chi connectivity index (χ1v) is 7.46. The van der Waals surface area contributed by atoms with E-state index in [1.165, 1.54) is 51.6 Å². The van der Waals surface area contributed by atoms with E-state index in [9.17, 15) is 0 Å². The molecule has 1 atom stereocenters. The van der Waals surface area contributed by atoms with Crippen molar-refractivity contribution in [3.63, 3.8) is 0 Å². The molecule has 2 rings (SSSR count). The molecule has 0 radical (unpaired) electrons. The lowest BCUT2D eigenvalue weighted by Crippen LogP contribution is -2.55. The van der Waals surface area contributed by atoms with Gasteiger partial charge in [-0.15, -0.1) is 0 Å². The van der Waals surface area contributed by atoms with E-state index in [0.29, 0.717) is 5.41 Å². The normalized spacial score (nSPS) is 28.9. The van der Waals surface area contributed by atoms with Crippen molar-refractivity contribution in [1.82, 2.24) is 4.90 Å². The van der Waals surface area contributed by atoms with E-state index in [1.807, 2.05) is 0 Å². The van der Waals surface area contributed by atoms with E-state index in [-0.39, 0.29) is 5.54 Å². The molecule has 0 aromatic carbocycles. The number of nitrogens with zero attached hydrogens (tertiary/aromatic N) is 1. The van der Waals surface area contributed by atoms with Crippen molar-refractivity contribution >= 4 is 0 Å². The molecule has 1 aliphatic heterocycles. The Morgan fingerprint density at radius 1 is 1.29 bits per heavy atom. The molecule has 2 aliphatic rings. The van der Waals surface area contributed by atoms with Gasteiger partial charge in [-0.05, 0) is 50.6 Å². The number of likely N-dealkylation sites (tertiary alicyclic amines) is 1. The Bertz CT molecular complexity index is 252. The molecule has 100 valence electrons. The van der Waals surface area contributed by atoms with E-state index < -0.39 is 0 Å². The Morgan fingerprint density at radius 2 is 1.88 bits per heavy atom. The van der Waals surface area contributed by atoms with Gasteiger partial charge >= 0.3 is 0 Å². The summed E-state index contributed by atoms with van der Waals surface area (Å²) in [6.07, 6.45) is 8.23. The van der Waals surface area contributed by atoms with Crippen molar-refractivity contribution in [3.8, 4) is 0 Å². The molecule has 0 aromatic rings. The third kappa shape index (κ3) is 3.03. The SMILES string of the molecule is CCC1(C)CCN(C(C)(CN)CC2CC2)CC1. The van der Waals surface area contributed by atoms with Crippen LogP contribution in [0.5, 0.6) is 0 Å². The fraction of sp³-hybridized carbons (Fsp3) is 1.00. The maximum absolute atomic E-state index is 6.07. The molecule has 0 amide bonds. The minimum absolute atomic E-state index is 0.274. The van der Waals surface area contributed by atoms with Crippen LogP contribution >= 0.6 is 0 Å². The molecule has 1 saturated heterocycles. The van der Waals surface area contributed by atoms with Crippen molar-refractivity contribution in [2.24, 2.45) is 17.1 Å². The van der Waals surface area contributed by atoms with Crippen molar-refractivity contribution in [2.75, 3.05) is 19.6 Å². The molecule has 2 nitrogen and oxygen atoms in total. The zero-order chi connectivity index (χ0) is 12.5. The number of piperidine rings is 1. The van der Waals surface area contributed by atoms with E-state index in [2.05, 4.69) is 25.7 Å². The Kier molecular flexibility index (Phi) is 3.84. The summed E-state index contributed by atoms with van der Waals surface area (Å²) >= 11 is 0. The van der Waals surface area contributed by atoms with Crippen LogP contribution in [-0.4, -0.2) is 30.1 Å². The van der Waals surface area contributed by atoms with Crippen LogP contribution in [0.2, 0.25) is 0 Å². The summed E-state index contributed by atoms with van der Waals surface area (Å²) in [6, 6.07) is 0. The predicted octanol–water partition coefficient (Wildman–Crippen LogP) is 3.02. The topological polar surface area (TPSA) is 29.3 Å².